The first-order valence-corrected chi connectivity index (χ1v) is 8.57. The zero-order valence-corrected chi connectivity index (χ0v) is 14.4. The van der Waals surface area contributed by atoms with Crippen LogP contribution in [0.15, 0.2) is 48.7 Å². The topological polar surface area (TPSA) is 44.1 Å². The smallest absolute Gasteiger partial charge is 0.348 e. The summed E-state index contributed by atoms with van der Waals surface area (Å²) in [7, 11) is 2.01. The molecule has 0 radical (unpaired) electrons. The lowest BCUT2D eigenvalue weighted by Crippen LogP contribution is -2.03. The second kappa shape index (κ2) is 5.92. The zero-order chi connectivity index (χ0) is 16.7. The Labute approximate surface area is 147 Å². The van der Waals surface area contributed by atoms with Gasteiger partial charge in [-0.2, -0.15) is 0 Å². The van der Waals surface area contributed by atoms with E-state index in [1.165, 1.54) is 11.3 Å². The van der Waals surface area contributed by atoms with Gasteiger partial charge in [0, 0.05) is 35.1 Å². The van der Waals surface area contributed by atoms with Crippen molar-refractivity contribution in [3.05, 3.63) is 64.3 Å². The van der Waals surface area contributed by atoms with E-state index in [-0.39, 0.29) is 12.6 Å². The Morgan fingerprint density at radius 3 is 2.88 bits per heavy atom. The van der Waals surface area contributed by atoms with Crippen molar-refractivity contribution < 1.29 is 9.53 Å². The maximum absolute atomic E-state index is 12.3. The highest BCUT2D eigenvalue weighted by molar-refractivity contribution is 7.20. The lowest BCUT2D eigenvalue weighted by molar-refractivity contribution is 0.0478. The molecule has 0 saturated heterocycles. The summed E-state index contributed by atoms with van der Waals surface area (Å²) in [6.07, 6.45) is 1.61. The van der Waals surface area contributed by atoms with Crippen molar-refractivity contribution in [2.24, 2.45) is 7.05 Å². The standard InChI is InChI=1S/C18H13ClN2O2S/c1-21-14-5-3-2-4-12(14)13-8-15(24-17(13)21)18(22)23-10-11-6-7-16(19)20-9-11/h2-9H,10H2,1H3. The van der Waals surface area contributed by atoms with E-state index in [1.54, 1.807) is 18.3 Å². The first kappa shape index (κ1) is 15.2. The molecule has 120 valence electrons. The molecule has 0 spiro atoms. The minimum Gasteiger partial charge on any atom is -0.457 e. The summed E-state index contributed by atoms with van der Waals surface area (Å²) in [6, 6.07) is 13.5. The van der Waals surface area contributed by atoms with Gasteiger partial charge < -0.3 is 9.30 Å². The molecule has 0 atom stereocenters. The molecule has 0 bridgehead atoms. The van der Waals surface area contributed by atoms with E-state index < -0.39 is 0 Å². The van der Waals surface area contributed by atoms with Crippen LogP contribution in [-0.2, 0) is 18.4 Å². The molecule has 3 heterocycles. The number of nitrogens with zero attached hydrogens (tertiary/aromatic N) is 2. The summed E-state index contributed by atoms with van der Waals surface area (Å²) >= 11 is 7.19. The number of aryl methyl sites for hydroxylation is 1. The van der Waals surface area contributed by atoms with Gasteiger partial charge in [-0.3, -0.25) is 0 Å². The lowest BCUT2D eigenvalue weighted by atomic mass is 10.2. The van der Waals surface area contributed by atoms with Gasteiger partial charge >= 0.3 is 5.97 Å². The Bertz CT molecular complexity index is 1050. The quantitative estimate of drug-likeness (QED) is 0.391. The molecule has 1 aromatic carbocycles. The number of esters is 1. The van der Waals surface area contributed by atoms with Gasteiger partial charge in [-0.25, -0.2) is 9.78 Å². The Balaban J connectivity index is 1.60. The summed E-state index contributed by atoms with van der Waals surface area (Å²) in [5, 5.41) is 2.65. The molecule has 0 aliphatic carbocycles. The van der Waals surface area contributed by atoms with Crippen molar-refractivity contribution in [1.82, 2.24) is 9.55 Å². The van der Waals surface area contributed by atoms with Gasteiger partial charge in [0.05, 0.1) is 0 Å². The van der Waals surface area contributed by atoms with Gasteiger partial charge in [-0.05, 0) is 18.2 Å². The summed E-state index contributed by atoms with van der Waals surface area (Å²) in [6.45, 7) is 0.179. The molecule has 0 N–H and O–H groups in total. The molecule has 3 aromatic heterocycles. The van der Waals surface area contributed by atoms with Crippen molar-refractivity contribution in [2.75, 3.05) is 0 Å². The number of hydrogen-bond donors (Lipinski definition) is 0. The third kappa shape index (κ3) is 2.56. The van der Waals surface area contributed by atoms with Gasteiger partial charge in [-0.15, -0.1) is 11.3 Å². The lowest BCUT2D eigenvalue weighted by Gasteiger charge is -2.03. The van der Waals surface area contributed by atoms with Crippen LogP contribution < -0.4 is 0 Å². The van der Waals surface area contributed by atoms with Crippen LogP contribution in [0, 0.1) is 0 Å². The van der Waals surface area contributed by atoms with E-state index in [0.717, 1.165) is 26.7 Å². The molecular formula is C18H13ClN2O2S. The zero-order valence-electron chi connectivity index (χ0n) is 12.8. The molecular weight excluding hydrogens is 344 g/mol. The molecule has 0 unspecified atom stereocenters. The average Bonchev–Trinajstić information content (AvgIpc) is 3.15. The fraction of sp³-hybridized carbons (Fsp3) is 0.111. The van der Waals surface area contributed by atoms with E-state index in [1.807, 2.05) is 25.2 Å². The Kier molecular flexibility index (Phi) is 3.75. The van der Waals surface area contributed by atoms with E-state index in [9.17, 15) is 4.79 Å². The predicted octanol–water partition coefficient (Wildman–Crippen LogP) is 4.80. The van der Waals surface area contributed by atoms with Crippen LogP contribution in [0.1, 0.15) is 15.2 Å². The van der Waals surface area contributed by atoms with Crippen LogP contribution in [0.3, 0.4) is 0 Å². The summed E-state index contributed by atoms with van der Waals surface area (Å²) < 4.78 is 7.49. The third-order valence-corrected chi connectivity index (χ3v) is 5.35. The number of fused-ring (bicyclic) bond motifs is 3. The van der Waals surface area contributed by atoms with Crippen LogP contribution in [0.5, 0.6) is 0 Å². The maximum atomic E-state index is 12.3. The minimum absolute atomic E-state index is 0.179. The molecule has 24 heavy (non-hydrogen) atoms. The number of ether oxygens (including phenoxy) is 1. The molecule has 0 aliphatic heterocycles. The number of rotatable bonds is 3. The molecule has 0 aliphatic rings. The number of carbonyl (C=O) groups excluding carboxylic acids is 1. The molecule has 4 rings (SSSR count). The molecule has 4 aromatic rings. The van der Waals surface area contributed by atoms with E-state index in [0.29, 0.717) is 10.0 Å². The number of benzene rings is 1. The van der Waals surface area contributed by atoms with Crippen molar-refractivity contribution in [3.63, 3.8) is 0 Å². The fourth-order valence-electron chi connectivity index (χ4n) is 2.74. The SMILES string of the molecule is Cn1c2ccccc2c2cc(C(=O)OCc3ccc(Cl)nc3)sc21. The van der Waals surface area contributed by atoms with E-state index in [2.05, 4.69) is 21.7 Å². The fourth-order valence-corrected chi connectivity index (χ4v) is 3.89. The first-order chi connectivity index (χ1) is 11.6. The second-order valence-electron chi connectivity index (χ2n) is 5.47. The first-order valence-electron chi connectivity index (χ1n) is 7.38. The normalized spacial score (nSPS) is 11.2. The number of aromatic nitrogens is 2. The van der Waals surface area contributed by atoms with Crippen molar-refractivity contribution in [2.45, 2.75) is 6.61 Å². The van der Waals surface area contributed by atoms with Crippen LogP contribution in [0.4, 0.5) is 0 Å². The summed E-state index contributed by atoms with van der Waals surface area (Å²) in [4.78, 5) is 18.0. The van der Waals surface area contributed by atoms with Gasteiger partial charge in [0.2, 0.25) is 0 Å². The van der Waals surface area contributed by atoms with Crippen LogP contribution in [0.2, 0.25) is 5.15 Å². The van der Waals surface area contributed by atoms with Crippen molar-refractivity contribution in [1.29, 1.82) is 0 Å². The van der Waals surface area contributed by atoms with Gasteiger partial charge in [0.25, 0.3) is 0 Å². The van der Waals surface area contributed by atoms with E-state index in [4.69, 9.17) is 16.3 Å². The Hall–Kier alpha value is -2.37. The van der Waals surface area contributed by atoms with Crippen molar-refractivity contribution in [3.8, 4) is 0 Å². The monoisotopic (exact) mass is 356 g/mol. The van der Waals surface area contributed by atoms with Crippen molar-refractivity contribution >= 4 is 50.0 Å². The largest absolute Gasteiger partial charge is 0.457 e. The summed E-state index contributed by atoms with van der Waals surface area (Å²) in [5.74, 6) is -0.324. The number of para-hydroxylation sites is 1. The predicted molar refractivity (Wildman–Crippen MR) is 96.7 cm³/mol. The number of carbonyl (C=O) groups is 1. The van der Waals surface area contributed by atoms with Gasteiger partial charge in [0.15, 0.2) is 0 Å². The van der Waals surface area contributed by atoms with Crippen LogP contribution in [-0.4, -0.2) is 15.5 Å². The number of thiophene rings is 1. The number of hydrogen-bond acceptors (Lipinski definition) is 4. The molecule has 4 nitrogen and oxygen atoms in total. The van der Waals surface area contributed by atoms with Gasteiger partial charge in [0.1, 0.15) is 21.5 Å². The van der Waals surface area contributed by atoms with E-state index >= 15 is 0 Å². The highest BCUT2D eigenvalue weighted by Crippen LogP contribution is 2.34. The van der Waals surface area contributed by atoms with Crippen LogP contribution >= 0.6 is 22.9 Å². The molecule has 6 heteroatoms. The summed E-state index contributed by atoms with van der Waals surface area (Å²) in [5.41, 5.74) is 1.96. The maximum Gasteiger partial charge on any atom is 0.348 e. The minimum atomic E-state index is -0.324. The number of halogens is 1. The molecule has 0 saturated carbocycles. The number of pyridine rings is 1. The van der Waals surface area contributed by atoms with Gasteiger partial charge in [-0.1, -0.05) is 35.9 Å². The Morgan fingerprint density at radius 2 is 2.08 bits per heavy atom. The second-order valence-corrected chi connectivity index (χ2v) is 6.89. The Morgan fingerprint density at radius 1 is 1.25 bits per heavy atom. The highest BCUT2D eigenvalue weighted by Gasteiger charge is 2.17. The third-order valence-electron chi connectivity index (χ3n) is 3.93. The molecule has 0 amide bonds. The highest BCUT2D eigenvalue weighted by atomic mass is 35.5. The van der Waals surface area contributed by atoms with Crippen LogP contribution in [0.25, 0.3) is 21.1 Å². The molecule has 0 fully saturated rings. The average molecular weight is 357 g/mol.